The Morgan fingerprint density at radius 1 is 1.17 bits per heavy atom. The molecule has 0 aliphatic carbocycles. The zero-order valence-corrected chi connectivity index (χ0v) is 7.47. The summed E-state index contributed by atoms with van der Waals surface area (Å²) in [4.78, 5) is 21.4. The van der Waals surface area contributed by atoms with Gasteiger partial charge in [0, 0.05) is 16.0 Å². The molecule has 62 valence electrons. The summed E-state index contributed by atoms with van der Waals surface area (Å²) in [5.74, 6) is 0. The lowest BCUT2D eigenvalue weighted by Crippen LogP contribution is -1.91. The van der Waals surface area contributed by atoms with Gasteiger partial charge < -0.3 is 0 Å². The molecule has 0 unspecified atom stereocenters. The van der Waals surface area contributed by atoms with E-state index in [2.05, 4.69) is 12.6 Å². The fourth-order valence-electron chi connectivity index (χ4n) is 1.02. The number of aryl methyl sites for hydroxylation is 1. The number of hydrogen-bond donors (Lipinski definition) is 1. The quantitative estimate of drug-likeness (QED) is 0.557. The summed E-state index contributed by atoms with van der Waals surface area (Å²) < 4.78 is 0. The van der Waals surface area contributed by atoms with E-state index in [1.807, 2.05) is 6.92 Å². The van der Waals surface area contributed by atoms with Gasteiger partial charge in [-0.05, 0) is 24.6 Å². The number of benzene rings is 1. The summed E-state index contributed by atoms with van der Waals surface area (Å²) in [6, 6.07) is 3.39. The highest BCUT2D eigenvalue weighted by molar-refractivity contribution is 7.80. The normalized spacial score (nSPS) is 9.50. The van der Waals surface area contributed by atoms with Crippen molar-refractivity contribution in [2.75, 3.05) is 0 Å². The third-order valence-electron chi connectivity index (χ3n) is 1.57. The minimum atomic E-state index is 0.450. The second-order valence-electron chi connectivity index (χ2n) is 2.53. The molecule has 0 amide bonds. The Hall–Kier alpha value is -1.09. The molecule has 0 saturated heterocycles. The van der Waals surface area contributed by atoms with Crippen molar-refractivity contribution < 1.29 is 9.59 Å². The lowest BCUT2D eigenvalue weighted by molar-refractivity contribution is 0.112. The minimum Gasteiger partial charge on any atom is -0.298 e. The summed E-state index contributed by atoms with van der Waals surface area (Å²) in [7, 11) is 0. The molecule has 0 saturated carbocycles. The second kappa shape index (κ2) is 3.54. The van der Waals surface area contributed by atoms with Gasteiger partial charge in [-0.25, -0.2) is 0 Å². The molecule has 1 aromatic rings. The molecule has 0 spiro atoms. The SMILES string of the molecule is Cc1cc(C=O)c(S)c(C=O)c1. The molecule has 0 radical (unpaired) electrons. The molecule has 0 fully saturated rings. The third kappa shape index (κ3) is 1.56. The van der Waals surface area contributed by atoms with E-state index in [0.29, 0.717) is 28.6 Å². The van der Waals surface area contributed by atoms with Crippen molar-refractivity contribution in [2.45, 2.75) is 11.8 Å². The molecule has 0 atom stereocenters. The Kier molecular flexibility index (Phi) is 2.65. The van der Waals surface area contributed by atoms with Crippen LogP contribution < -0.4 is 0 Å². The van der Waals surface area contributed by atoms with Gasteiger partial charge in [-0.3, -0.25) is 9.59 Å². The van der Waals surface area contributed by atoms with Crippen LogP contribution in [0.1, 0.15) is 26.3 Å². The van der Waals surface area contributed by atoms with Crippen LogP contribution in [-0.4, -0.2) is 12.6 Å². The van der Waals surface area contributed by atoms with Crippen LogP contribution in [0.15, 0.2) is 17.0 Å². The van der Waals surface area contributed by atoms with Gasteiger partial charge >= 0.3 is 0 Å². The number of aldehydes is 2. The number of hydrogen-bond acceptors (Lipinski definition) is 3. The van der Waals surface area contributed by atoms with Crippen LogP contribution in [0, 0.1) is 6.92 Å². The van der Waals surface area contributed by atoms with Crippen molar-refractivity contribution in [3.63, 3.8) is 0 Å². The standard InChI is InChI=1S/C9H8O2S/c1-6-2-7(4-10)9(12)8(3-6)5-11/h2-5,12H,1H3. The Bertz CT molecular complexity index is 302. The van der Waals surface area contributed by atoms with Gasteiger partial charge in [-0.2, -0.15) is 0 Å². The van der Waals surface area contributed by atoms with Gasteiger partial charge in [0.2, 0.25) is 0 Å². The molecule has 12 heavy (non-hydrogen) atoms. The monoisotopic (exact) mass is 180 g/mol. The highest BCUT2D eigenvalue weighted by Crippen LogP contribution is 2.18. The number of thiol groups is 1. The summed E-state index contributed by atoms with van der Waals surface area (Å²) in [6.07, 6.45) is 1.39. The molecule has 0 heterocycles. The maximum atomic E-state index is 10.5. The van der Waals surface area contributed by atoms with Crippen molar-refractivity contribution in [1.29, 1.82) is 0 Å². The fraction of sp³-hybridized carbons (Fsp3) is 0.111. The van der Waals surface area contributed by atoms with Crippen molar-refractivity contribution in [2.24, 2.45) is 0 Å². The molecule has 1 aromatic carbocycles. The first kappa shape index (κ1) is 9.00. The van der Waals surface area contributed by atoms with Gasteiger partial charge in [-0.15, -0.1) is 12.6 Å². The van der Waals surface area contributed by atoms with E-state index in [1.165, 1.54) is 0 Å². The molecule has 0 bridgehead atoms. The first-order valence-electron chi connectivity index (χ1n) is 3.43. The Labute approximate surface area is 76.0 Å². The highest BCUT2D eigenvalue weighted by atomic mass is 32.1. The molecular formula is C9H8O2S. The first-order valence-corrected chi connectivity index (χ1v) is 3.87. The maximum Gasteiger partial charge on any atom is 0.151 e. The average Bonchev–Trinajstić information content (AvgIpc) is 2.08. The van der Waals surface area contributed by atoms with Crippen LogP contribution in [0.25, 0.3) is 0 Å². The van der Waals surface area contributed by atoms with Crippen LogP contribution in [0.2, 0.25) is 0 Å². The Morgan fingerprint density at radius 2 is 1.58 bits per heavy atom. The largest absolute Gasteiger partial charge is 0.298 e. The molecule has 0 aliphatic rings. The van der Waals surface area contributed by atoms with Gasteiger partial charge in [0.25, 0.3) is 0 Å². The van der Waals surface area contributed by atoms with Crippen LogP contribution in [0.3, 0.4) is 0 Å². The molecular weight excluding hydrogens is 172 g/mol. The van der Waals surface area contributed by atoms with Crippen LogP contribution in [0.5, 0.6) is 0 Å². The summed E-state index contributed by atoms with van der Waals surface area (Å²) in [6.45, 7) is 1.83. The topological polar surface area (TPSA) is 34.1 Å². The predicted octanol–water partition coefficient (Wildman–Crippen LogP) is 1.91. The number of carbonyl (C=O) groups excluding carboxylic acids is 2. The van der Waals surface area contributed by atoms with Gasteiger partial charge in [0.1, 0.15) is 0 Å². The number of carbonyl (C=O) groups is 2. The van der Waals surface area contributed by atoms with Crippen LogP contribution in [0.4, 0.5) is 0 Å². The van der Waals surface area contributed by atoms with E-state index >= 15 is 0 Å². The van der Waals surface area contributed by atoms with E-state index in [9.17, 15) is 9.59 Å². The van der Waals surface area contributed by atoms with Gasteiger partial charge in [0.05, 0.1) is 0 Å². The van der Waals surface area contributed by atoms with Crippen molar-refractivity contribution >= 4 is 25.2 Å². The van der Waals surface area contributed by atoms with E-state index < -0.39 is 0 Å². The first-order chi connectivity index (χ1) is 5.69. The van der Waals surface area contributed by atoms with Crippen molar-refractivity contribution in [3.8, 4) is 0 Å². The lowest BCUT2D eigenvalue weighted by Gasteiger charge is -2.02. The van der Waals surface area contributed by atoms with E-state index in [-0.39, 0.29) is 0 Å². The zero-order chi connectivity index (χ0) is 9.14. The molecule has 1 rings (SSSR count). The van der Waals surface area contributed by atoms with Crippen LogP contribution >= 0.6 is 12.6 Å². The zero-order valence-electron chi connectivity index (χ0n) is 6.57. The second-order valence-corrected chi connectivity index (χ2v) is 2.97. The average molecular weight is 180 g/mol. The Morgan fingerprint density at radius 3 is 1.92 bits per heavy atom. The summed E-state index contributed by atoms with van der Waals surface area (Å²) in [5, 5.41) is 0. The molecule has 2 nitrogen and oxygen atoms in total. The van der Waals surface area contributed by atoms with Crippen molar-refractivity contribution in [1.82, 2.24) is 0 Å². The lowest BCUT2D eigenvalue weighted by atomic mass is 10.1. The molecule has 3 heteroatoms. The molecule has 0 aromatic heterocycles. The van der Waals surface area contributed by atoms with E-state index in [0.717, 1.165) is 5.56 Å². The Balaban J connectivity index is 3.41. The van der Waals surface area contributed by atoms with Gasteiger partial charge in [0.15, 0.2) is 12.6 Å². The van der Waals surface area contributed by atoms with E-state index in [4.69, 9.17) is 0 Å². The smallest absolute Gasteiger partial charge is 0.151 e. The maximum absolute atomic E-state index is 10.5. The summed E-state index contributed by atoms with van der Waals surface area (Å²) >= 11 is 4.06. The van der Waals surface area contributed by atoms with E-state index in [1.54, 1.807) is 12.1 Å². The van der Waals surface area contributed by atoms with Crippen molar-refractivity contribution in [3.05, 3.63) is 28.8 Å². The van der Waals surface area contributed by atoms with Crippen LogP contribution in [-0.2, 0) is 0 Å². The highest BCUT2D eigenvalue weighted by Gasteiger charge is 2.04. The summed E-state index contributed by atoms with van der Waals surface area (Å²) in [5.41, 5.74) is 1.80. The number of rotatable bonds is 2. The molecule has 0 aliphatic heterocycles. The minimum absolute atomic E-state index is 0.450. The molecule has 0 N–H and O–H groups in total. The fourth-order valence-corrected chi connectivity index (χ4v) is 1.25. The predicted molar refractivity (Wildman–Crippen MR) is 49.2 cm³/mol. The third-order valence-corrected chi connectivity index (χ3v) is 2.08. The van der Waals surface area contributed by atoms with Gasteiger partial charge in [-0.1, -0.05) is 0 Å².